The van der Waals surface area contributed by atoms with Gasteiger partial charge in [0.05, 0.1) is 27.9 Å². The maximum atomic E-state index is 14.0. The Kier molecular flexibility index (Phi) is 19.4. The number of piperazine rings is 1. The number of nitrogens with one attached hydrogen (secondary N) is 4. The Balaban J connectivity index is 0.807. The summed E-state index contributed by atoms with van der Waals surface area (Å²) in [6, 6.07) is 16.2. The summed E-state index contributed by atoms with van der Waals surface area (Å²) in [6.07, 6.45) is 5.99. The number of aliphatic hydroxyl groups excluding tert-OH is 1. The number of hydrogen-bond acceptors (Lipinski definition) is 14. The van der Waals surface area contributed by atoms with Crippen LogP contribution < -0.4 is 26.0 Å². The van der Waals surface area contributed by atoms with Crippen LogP contribution in [0, 0.1) is 12.3 Å². The quantitative estimate of drug-likeness (QED) is 0.0481. The summed E-state index contributed by atoms with van der Waals surface area (Å²) < 4.78 is 5.87. The van der Waals surface area contributed by atoms with E-state index in [9.17, 15) is 33.9 Å². The Morgan fingerprint density at radius 2 is 1.57 bits per heavy atom. The second kappa shape index (κ2) is 26.0. The summed E-state index contributed by atoms with van der Waals surface area (Å²) in [5, 5.41) is 24.4. The molecular formula is C54H68N10O8S2. The molecule has 5 N–H and O–H groups in total. The molecular weight excluding hydrogens is 981 g/mol. The maximum Gasteiger partial charge on any atom is 0.257 e. The highest BCUT2D eigenvalue weighted by Crippen LogP contribution is 2.30. The van der Waals surface area contributed by atoms with Gasteiger partial charge < -0.3 is 40.5 Å². The second-order valence-electron chi connectivity index (χ2n) is 20.0. The molecule has 74 heavy (non-hydrogen) atoms. The highest BCUT2D eigenvalue weighted by molar-refractivity contribution is 7.14. The molecule has 7 rings (SSSR count). The zero-order valence-electron chi connectivity index (χ0n) is 42.9. The van der Waals surface area contributed by atoms with Crippen LogP contribution in [-0.2, 0) is 25.7 Å². The highest BCUT2D eigenvalue weighted by Gasteiger charge is 2.44. The van der Waals surface area contributed by atoms with E-state index in [1.54, 1.807) is 33.9 Å². The molecule has 2 aliphatic heterocycles. The van der Waals surface area contributed by atoms with Crippen molar-refractivity contribution in [2.75, 3.05) is 58.2 Å². The first-order valence-corrected chi connectivity index (χ1v) is 27.0. The van der Waals surface area contributed by atoms with E-state index in [1.165, 1.54) is 28.4 Å². The number of β-amino-alcohol motifs (C(OH)–C–C–N with tert-alkyl or cyclic N) is 1. The summed E-state index contributed by atoms with van der Waals surface area (Å²) in [5.41, 5.74) is 5.83. The summed E-state index contributed by atoms with van der Waals surface area (Å²) >= 11 is 2.83. The van der Waals surface area contributed by atoms with Crippen molar-refractivity contribution >= 4 is 63.2 Å². The van der Waals surface area contributed by atoms with Crippen molar-refractivity contribution in [1.29, 1.82) is 0 Å². The van der Waals surface area contributed by atoms with Crippen LogP contribution in [-0.4, -0.2) is 141 Å². The predicted octanol–water partition coefficient (Wildman–Crippen LogP) is 6.31. The predicted molar refractivity (Wildman–Crippen MR) is 286 cm³/mol. The number of pyridine rings is 1. The van der Waals surface area contributed by atoms with Crippen molar-refractivity contribution in [3.05, 3.63) is 100 Å². The first-order valence-electron chi connectivity index (χ1n) is 25.3. The number of nitrogens with zero attached hydrogens (tertiary/aromatic N) is 6. The minimum absolute atomic E-state index is 0.00217. The van der Waals surface area contributed by atoms with Crippen molar-refractivity contribution in [3.63, 3.8) is 0 Å². The molecule has 0 radical (unpaired) electrons. The number of benzene rings is 2. The van der Waals surface area contributed by atoms with E-state index in [2.05, 4.69) is 41.1 Å². The molecule has 3 aromatic heterocycles. The third-order valence-electron chi connectivity index (χ3n) is 13.1. The van der Waals surface area contributed by atoms with E-state index >= 15 is 0 Å². The molecule has 0 spiro atoms. The zero-order chi connectivity index (χ0) is 52.8. The van der Waals surface area contributed by atoms with E-state index in [0.29, 0.717) is 42.6 Å². The largest absolute Gasteiger partial charge is 0.484 e. The molecule has 2 aromatic carbocycles. The molecule has 0 aliphatic carbocycles. The fraction of sp³-hybridized carbons (Fsp3) is 0.463. The van der Waals surface area contributed by atoms with Crippen LogP contribution in [0.5, 0.6) is 5.75 Å². The Morgan fingerprint density at radius 3 is 2.27 bits per heavy atom. The third-order valence-corrected chi connectivity index (χ3v) is 14.8. The van der Waals surface area contributed by atoms with Crippen LogP contribution in [0.15, 0.2) is 77.8 Å². The molecule has 20 heteroatoms. The molecule has 5 heterocycles. The lowest BCUT2D eigenvalue weighted by Crippen LogP contribution is -2.57. The molecule has 6 amide bonds. The summed E-state index contributed by atoms with van der Waals surface area (Å²) in [4.78, 5) is 100. The summed E-state index contributed by atoms with van der Waals surface area (Å²) in [7, 11) is 2.00. The molecule has 3 atom stereocenters. The number of ether oxygens (including phenoxy) is 1. The van der Waals surface area contributed by atoms with Crippen molar-refractivity contribution in [1.82, 2.24) is 45.6 Å². The lowest BCUT2D eigenvalue weighted by atomic mass is 9.85. The van der Waals surface area contributed by atoms with Gasteiger partial charge in [0.15, 0.2) is 11.7 Å². The first-order chi connectivity index (χ1) is 35.5. The Hall–Kier alpha value is -6.61. The van der Waals surface area contributed by atoms with Crippen molar-refractivity contribution in [2.45, 2.75) is 104 Å². The zero-order valence-corrected chi connectivity index (χ0v) is 44.5. The van der Waals surface area contributed by atoms with Gasteiger partial charge in [-0.05, 0) is 73.7 Å². The van der Waals surface area contributed by atoms with Crippen molar-refractivity contribution in [3.8, 4) is 27.6 Å². The molecule has 0 bridgehead atoms. The van der Waals surface area contributed by atoms with Crippen molar-refractivity contribution in [2.24, 2.45) is 5.41 Å². The van der Waals surface area contributed by atoms with Crippen LogP contribution >= 0.6 is 22.7 Å². The maximum absolute atomic E-state index is 14.0. The van der Waals surface area contributed by atoms with Gasteiger partial charge in [0.1, 0.15) is 23.5 Å². The third kappa shape index (κ3) is 15.5. The van der Waals surface area contributed by atoms with E-state index in [0.717, 1.165) is 66.9 Å². The van der Waals surface area contributed by atoms with Gasteiger partial charge in [-0.1, -0.05) is 76.8 Å². The number of likely N-dealkylation sites (N-methyl/N-ethyl adjacent to an activating group) is 1. The Bertz CT molecular complexity index is 2720. The number of rotatable bonds is 22. The van der Waals surface area contributed by atoms with E-state index < -0.39 is 35.4 Å². The standard InChI is InChI=1S/C54H68N10O8S2/c1-35-47(74-34-58-35)37-18-16-36(17-19-37)30-57-50(69)44-29-40(65)31-64(44)52(71)48(54(2,3)4)60-45(66)15-10-8-6-7-9-12-21-56-46(67)32-72-41-27-38(26-39(28-41)51(70)63-24-22-62(5)23-25-63)49(68)61-53-59-43(33-73-53)42-14-11-13-20-55-42/h11,13-14,16-20,26-28,33-34,40,44,48,65H,6-10,12,15,21-25,29-32H2,1-5H3,(H,56,67)(H,57,69)(H,60,66)(H,59,61,68)/t40-,44+,48-/m0/s1. The lowest BCUT2D eigenvalue weighted by molar-refractivity contribution is -0.144. The van der Waals surface area contributed by atoms with Crippen LogP contribution in [0.3, 0.4) is 0 Å². The average molecular weight is 1050 g/mol. The number of carbonyl (C=O) groups is 6. The van der Waals surface area contributed by atoms with Gasteiger partial charge in [-0.25, -0.2) is 9.97 Å². The normalized spacial score (nSPS) is 16.4. The highest BCUT2D eigenvalue weighted by atomic mass is 32.1. The molecule has 2 fully saturated rings. The SMILES string of the molecule is Cc1ncsc1-c1ccc(CNC(=O)[C@H]2C[C@H](O)CN2C(=O)[C@H](NC(=O)CCCCCCCCNC(=O)COc2cc(C(=O)Nc3nc(-c4ccccn4)cs3)cc(C(=O)N3CCN(C)CC3)c2)C(C)(C)C)cc1. The summed E-state index contributed by atoms with van der Waals surface area (Å²) in [6.45, 7) is 10.5. The van der Waals surface area contributed by atoms with Gasteiger partial charge >= 0.3 is 0 Å². The summed E-state index contributed by atoms with van der Waals surface area (Å²) in [5.74, 6) is -1.84. The van der Waals surface area contributed by atoms with Crippen LogP contribution in [0.1, 0.15) is 104 Å². The first kappa shape index (κ1) is 55.1. The average Bonchev–Trinajstić information content (AvgIpc) is 4.16. The molecule has 5 aromatic rings. The molecule has 0 unspecified atom stereocenters. The Morgan fingerprint density at radius 1 is 0.838 bits per heavy atom. The molecule has 0 saturated carbocycles. The van der Waals surface area contributed by atoms with Gasteiger partial charge in [-0.2, -0.15) is 0 Å². The van der Waals surface area contributed by atoms with E-state index in [1.807, 2.05) is 82.7 Å². The number of thiazole rings is 2. The monoisotopic (exact) mass is 1050 g/mol. The molecule has 18 nitrogen and oxygen atoms in total. The van der Waals surface area contributed by atoms with E-state index in [4.69, 9.17) is 4.74 Å². The van der Waals surface area contributed by atoms with Crippen LogP contribution in [0.25, 0.3) is 21.8 Å². The number of anilines is 1. The van der Waals surface area contributed by atoms with Gasteiger partial charge in [0.25, 0.3) is 17.7 Å². The minimum atomic E-state index is -0.897. The number of aromatic nitrogens is 3. The number of carbonyl (C=O) groups excluding carboxylic acids is 6. The minimum Gasteiger partial charge on any atom is -0.484 e. The van der Waals surface area contributed by atoms with Crippen molar-refractivity contribution < 1.29 is 38.6 Å². The number of likely N-dealkylation sites (tertiary alicyclic amines) is 1. The van der Waals surface area contributed by atoms with Gasteiger partial charge in [0, 0.05) is 81.4 Å². The molecule has 394 valence electrons. The number of amides is 6. The lowest BCUT2D eigenvalue weighted by Gasteiger charge is -2.35. The number of aryl methyl sites for hydroxylation is 1. The fourth-order valence-corrected chi connectivity index (χ4v) is 10.3. The fourth-order valence-electron chi connectivity index (χ4n) is 8.82. The Labute approximate surface area is 440 Å². The van der Waals surface area contributed by atoms with Crippen LogP contribution in [0.4, 0.5) is 5.13 Å². The second-order valence-corrected chi connectivity index (χ2v) is 21.7. The van der Waals surface area contributed by atoms with Gasteiger partial charge in [-0.15, -0.1) is 22.7 Å². The van der Waals surface area contributed by atoms with E-state index in [-0.39, 0.29) is 73.0 Å². The number of unbranched alkanes of at least 4 members (excludes halogenated alkanes) is 5. The topological polar surface area (TPSA) is 228 Å². The molecule has 2 saturated heterocycles. The smallest absolute Gasteiger partial charge is 0.257 e. The van der Waals surface area contributed by atoms with Gasteiger partial charge in [-0.3, -0.25) is 39.1 Å². The van der Waals surface area contributed by atoms with Gasteiger partial charge in [0.2, 0.25) is 17.7 Å². The van der Waals surface area contributed by atoms with Crippen LogP contribution in [0.2, 0.25) is 0 Å². The number of aliphatic hydroxyl groups is 1. The number of hydrogen-bond donors (Lipinski definition) is 5. The molecule has 2 aliphatic rings.